The highest BCUT2D eigenvalue weighted by molar-refractivity contribution is 9.10. The number of carbonyl (C=O) groups is 1. The molecule has 0 saturated heterocycles. The van der Waals surface area contributed by atoms with Crippen molar-refractivity contribution in [1.29, 1.82) is 0 Å². The monoisotopic (exact) mass is 265 g/mol. The van der Waals surface area contributed by atoms with E-state index in [0.29, 0.717) is 0 Å². The van der Waals surface area contributed by atoms with E-state index in [1.54, 1.807) is 6.92 Å². The quantitative estimate of drug-likeness (QED) is 0.778. The molecule has 0 aromatic heterocycles. The summed E-state index contributed by atoms with van der Waals surface area (Å²) in [7, 11) is 0. The molecule has 0 aliphatic rings. The molecule has 0 heterocycles. The summed E-state index contributed by atoms with van der Waals surface area (Å²) in [6.07, 6.45) is 0. The minimum atomic E-state index is -0.272. The molecule has 0 radical (unpaired) electrons. The first kappa shape index (κ1) is 11.8. The van der Waals surface area contributed by atoms with Gasteiger partial charge in [-0.2, -0.15) is 0 Å². The van der Waals surface area contributed by atoms with Gasteiger partial charge in [0.15, 0.2) is 0 Å². The van der Waals surface area contributed by atoms with Crippen LogP contribution >= 0.6 is 15.9 Å². The Kier molecular flexibility index (Phi) is 3.93. The lowest BCUT2D eigenvalue weighted by molar-refractivity contribution is -0.111. The van der Waals surface area contributed by atoms with Gasteiger partial charge in [-0.1, -0.05) is 21.9 Å². The molecule has 1 N–H and O–H groups in total. The van der Waals surface area contributed by atoms with Crippen LogP contribution in [0.15, 0.2) is 16.6 Å². The normalized spacial score (nSPS) is 9.07. The van der Waals surface area contributed by atoms with Crippen LogP contribution in [0.3, 0.4) is 0 Å². The van der Waals surface area contributed by atoms with Crippen LogP contribution in [0.2, 0.25) is 0 Å². The first-order valence-corrected chi connectivity index (χ1v) is 5.34. The fourth-order valence-electron chi connectivity index (χ4n) is 1.37. The minimum Gasteiger partial charge on any atom is -0.315 e. The van der Waals surface area contributed by atoms with Crippen molar-refractivity contribution in [3.05, 3.63) is 27.7 Å². The van der Waals surface area contributed by atoms with Gasteiger partial charge in [0, 0.05) is 10.2 Å². The van der Waals surface area contributed by atoms with Crippen molar-refractivity contribution in [2.75, 3.05) is 5.32 Å². The zero-order chi connectivity index (χ0) is 11.4. The third-order valence-corrected chi connectivity index (χ3v) is 2.43. The minimum absolute atomic E-state index is 0.272. The second-order valence-corrected chi connectivity index (χ2v) is 4.16. The van der Waals surface area contributed by atoms with Gasteiger partial charge < -0.3 is 5.32 Å². The van der Waals surface area contributed by atoms with Gasteiger partial charge in [-0.3, -0.25) is 4.79 Å². The van der Waals surface area contributed by atoms with Gasteiger partial charge >= 0.3 is 0 Å². The van der Waals surface area contributed by atoms with Crippen LogP contribution in [0.5, 0.6) is 0 Å². The summed E-state index contributed by atoms with van der Waals surface area (Å²) in [5, 5.41) is 2.77. The number of rotatable bonds is 1. The lowest BCUT2D eigenvalue weighted by atomic mass is 10.1. The molecule has 0 fully saturated rings. The predicted molar refractivity (Wildman–Crippen MR) is 65.7 cm³/mol. The maximum Gasteiger partial charge on any atom is 0.300 e. The van der Waals surface area contributed by atoms with Gasteiger partial charge in [-0.05, 0) is 50.0 Å². The maximum atomic E-state index is 11.3. The summed E-state index contributed by atoms with van der Waals surface area (Å²) in [4.78, 5) is 11.3. The van der Waals surface area contributed by atoms with Crippen LogP contribution in [-0.2, 0) is 4.79 Å². The predicted octanol–water partition coefficient (Wildman–Crippen LogP) is 3.03. The van der Waals surface area contributed by atoms with Crippen LogP contribution in [0.25, 0.3) is 0 Å². The highest BCUT2D eigenvalue weighted by Crippen LogP contribution is 2.24. The second kappa shape index (κ2) is 4.99. The van der Waals surface area contributed by atoms with Crippen molar-refractivity contribution in [2.45, 2.75) is 20.8 Å². The average Bonchev–Trinajstić information content (AvgIpc) is 2.11. The SMILES string of the molecule is CC#CC(=O)Nc1c(C)cc(Br)cc1C. The standard InChI is InChI=1S/C12H12BrNO/c1-4-5-11(15)14-12-8(2)6-10(13)7-9(12)3/h6-7H,1-3H3,(H,14,15). The zero-order valence-electron chi connectivity index (χ0n) is 8.94. The molecule has 1 rings (SSSR count). The molecule has 0 aliphatic carbocycles. The Balaban J connectivity index is 3.03. The molecule has 2 nitrogen and oxygen atoms in total. The summed E-state index contributed by atoms with van der Waals surface area (Å²) < 4.78 is 1.01. The smallest absolute Gasteiger partial charge is 0.300 e. The summed E-state index contributed by atoms with van der Waals surface area (Å²) in [5.41, 5.74) is 2.88. The number of hydrogen-bond donors (Lipinski definition) is 1. The molecule has 0 atom stereocenters. The van der Waals surface area contributed by atoms with Crippen molar-refractivity contribution >= 4 is 27.5 Å². The van der Waals surface area contributed by atoms with Crippen molar-refractivity contribution in [3.63, 3.8) is 0 Å². The molecule has 0 aliphatic heterocycles. The van der Waals surface area contributed by atoms with E-state index in [1.807, 2.05) is 26.0 Å². The molecule has 0 bridgehead atoms. The number of anilines is 1. The summed E-state index contributed by atoms with van der Waals surface area (Å²) in [5.74, 6) is 4.75. The van der Waals surface area contributed by atoms with E-state index in [2.05, 4.69) is 33.1 Å². The number of aryl methyl sites for hydroxylation is 2. The molecule has 0 unspecified atom stereocenters. The fraction of sp³-hybridized carbons (Fsp3) is 0.250. The molecule has 3 heteroatoms. The Bertz CT molecular complexity index is 431. The van der Waals surface area contributed by atoms with Crippen molar-refractivity contribution in [3.8, 4) is 11.8 Å². The van der Waals surface area contributed by atoms with E-state index in [1.165, 1.54) is 0 Å². The highest BCUT2D eigenvalue weighted by atomic mass is 79.9. The number of nitrogens with one attached hydrogen (secondary N) is 1. The van der Waals surface area contributed by atoms with Gasteiger partial charge in [0.2, 0.25) is 0 Å². The first-order chi connectivity index (χ1) is 7.04. The van der Waals surface area contributed by atoms with Crippen LogP contribution in [0, 0.1) is 25.7 Å². The molecule has 1 aromatic carbocycles. The summed E-state index contributed by atoms with van der Waals surface area (Å²) in [6, 6.07) is 3.92. The molecular weight excluding hydrogens is 254 g/mol. The van der Waals surface area contributed by atoms with Crippen LogP contribution < -0.4 is 5.32 Å². The van der Waals surface area contributed by atoms with E-state index in [4.69, 9.17) is 0 Å². The Labute approximate surface area is 98.2 Å². The molecule has 1 aromatic rings. The van der Waals surface area contributed by atoms with E-state index in [9.17, 15) is 4.79 Å². The van der Waals surface area contributed by atoms with Crippen molar-refractivity contribution in [2.24, 2.45) is 0 Å². The van der Waals surface area contributed by atoms with Gasteiger partial charge in [-0.15, -0.1) is 0 Å². The Morgan fingerprint density at radius 2 is 1.87 bits per heavy atom. The van der Waals surface area contributed by atoms with E-state index < -0.39 is 0 Å². The van der Waals surface area contributed by atoms with Gasteiger partial charge in [0.1, 0.15) is 0 Å². The topological polar surface area (TPSA) is 29.1 Å². The number of halogens is 1. The Morgan fingerprint density at radius 1 is 1.33 bits per heavy atom. The molecule has 78 valence electrons. The maximum absolute atomic E-state index is 11.3. The van der Waals surface area contributed by atoms with Gasteiger partial charge in [-0.25, -0.2) is 0 Å². The van der Waals surface area contributed by atoms with Gasteiger partial charge in [0.25, 0.3) is 5.91 Å². The van der Waals surface area contributed by atoms with Crippen LogP contribution in [-0.4, -0.2) is 5.91 Å². The largest absolute Gasteiger partial charge is 0.315 e. The van der Waals surface area contributed by atoms with Crippen LogP contribution in [0.4, 0.5) is 5.69 Å². The molecular formula is C12H12BrNO. The van der Waals surface area contributed by atoms with E-state index >= 15 is 0 Å². The van der Waals surface area contributed by atoms with Crippen molar-refractivity contribution in [1.82, 2.24) is 0 Å². The number of amides is 1. The molecule has 0 saturated carbocycles. The lowest BCUT2D eigenvalue weighted by Gasteiger charge is -2.10. The Hall–Kier alpha value is -1.27. The zero-order valence-corrected chi connectivity index (χ0v) is 10.5. The van der Waals surface area contributed by atoms with E-state index in [-0.39, 0.29) is 5.91 Å². The first-order valence-electron chi connectivity index (χ1n) is 4.55. The van der Waals surface area contributed by atoms with Crippen LogP contribution in [0.1, 0.15) is 18.1 Å². The third kappa shape index (κ3) is 3.10. The lowest BCUT2D eigenvalue weighted by Crippen LogP contribution is -2.10. The number of carbonyl (C=O) groups excluding carboxylic acids is 1. The fourth-order valence-corrected chi connectivity index (χ4v) is 2.05. The third-order valence-electron chi connectivity index (χ3n) is 1.97. The Morgan fingerprint density at radius 3 is 2.33 bits per heavy atom. The number of benzene rings is 1. The average molecular weight is 266 g/mol. The second-order valence-electron chi connectivity index (χ2n) is 3.24. The summed E-state index contributed by atoms with van der Waals surface area (Å²) >= 11 is 3.40. The van der Waals surface area contributed by atoms with E-state index in [0.717, 1.165) is 21.3 Å². The molecule has 1 amide bonds. The summed E-state index contributed by atoms with van der Waals surface area (Å²) in [6.45, 7) is 5.54. The number of hydrogen-bond acceptors (Lipinski definition) is 1. The van der Waals surface area contributed by atoms with Crippen molar-refractivity contribution < 1.29 is 4.79 Å². The highest BCUT2D eigenvalue weighted by Gasteiger charge is 2.06. The van der Waals surface area contributed by atoms with Gasteiger partial charge in [0.05, 0.1) is 0 Å². The molecule has 15 heavy (non-hydrogen) atoms. The molecule has 0 spiro atoms.